The Balaban J connectivity index is 1.20. The van der Waals surface area contributed by atoms with Crippen molar-refractivity contribution in [3.63, 3.8) is 0 Å². The number of aromatic nitrogens is 2. The van der Waals surface area contributed by atoms with Gasteiger partial charge in [-0.15, -0.1) is 0 Å². The van der Waals surface area contributed by atoms with Gasteiger partial charge in [-0.2, -0.15) is 0 Å². The molecule has 3 heterocycles. The van der Waals surface area contributed by atoms with Crippen LogP contribution in [-0.4, -0.2) is 18.0 Å². The van der Waals surface area contributed by atoms with Gasteiger partial charge >= 0.3 is 0 Å². The summed E-state index contributed by atoms with van der Waals surface area (Å²) in [5, 5.41) is 10.5. The fraction of sp³-hybridized carbons (Fsp3) is 0.0500. The fourth-order valence-electron chi connectivity index (χ4n) is 7.45. The lowest BCUT2D eigenvalue weighted by molar-refractivity contribution is 1.37. The van der Waals surface area contributed by atoms with Crippen molar-refractivity contribution in [2.75, 3.05) is 0 Å². The quantitative estimate of drug-likeness (QED) is 0.154. The monoisotopic (exact) mass is 564 g/mol. The Bertz CT molecular complexity index is 2440. The molecule has 202 valence electrons. The summed E-state index contributed by atoms with van der Waals surface area (Å²) >= 11 is 0. The molecule has 0 aliphatic carbocycles. The van der Waals surface area contributed by atoms with E-state index in [0.29, 0.717) is 0 Å². The first-order chi connectivity index (χ1) is 21.1. The molecular weight excluding hydrogens is 537 g/mol. The van der Waals surface area contributed by atoms with E-state index < -0.39 is 8.07 Å². The van der Waals surface area contributed by atoms with Crippen LogP contribution >= 0.6 is 0 Å². The lowest BCUT2D eigenvalue weighted by Crippen LogP contribution is -2.49. The van der Waals surface area contributed by atoms with Crippen molar-refractivity contribution in [1.29, 1.82) is 0 Å². The number of pyridine rings is 2. The summed E-state index contributed by atoms with van der Waals surface area (Å²) in [4.78, 5) is 9.84. The molecular formula is C40H28N2Si. The average molecular weight is 565 g/mol. The minimum absolute atomic E-state index is 0.944. The van der Waals surface area contributed by atoms with E-state index in [-0.39, 0.29) is 0 Å². The van der Waals surface area contributed by atoms with E-state index in [1.807, 2.05) is 12.3 Å². The van der Waals surface area contributed by atoms with E-state index >= 15 is 0 Å². The van der Waals surface area contributed by atoms with Crippen LogP contribution in [0.25, 0.3) is 76.9 Å². The molecule has 0 spiro atoms. The van der Waals surface area contributed by atoms with E-state index in [1.54, 1.807) is 10.4 Å². The van der Waals surface area contributed by atoms with Crippen LogP contribution in [-0.2, 0) is 0 Å². The second kappa shape index (κ2) is 8.94. The van der Waals surface area contributed by atoms with Gasteiger partial charge in [0.25, 0.3) is 0 Å². The molecule has 3 heteroatoms. The third-order valence-electron chi connectivity index (χ3n) is 9.48. The van der Waals surface area contributed by atoms with Crippen molar-refractivity contribution in [2.24, 2.45) is 0 Å². The van der Waals surface area contributed by atoms with Gasteiger partial charge in [0, 0.05) is 22.5 Å². The molecule has 1 aliphatic rings. The Morgan fingerprint density at radius 1 is 0.488 bits per heavy atom. The molecule has 0 N–H and O–H groups in total. The summed E-state index contributed by atoms with van der Waals surface area (Å²) in [6.07, 6.45) is 1.85. The highest BCUT2D eigenvalue weighted by atomic mass is 28.3. The molecule has 0 saturated carbocycles. The maximum atomic E-state index is 5.17. The van der Waals surface area contributed by atoms with Crippen LogP contribution in [0.2, 0.25) is 13.1 Å². The number of rotatable bonds is 2. The second-order valence-electron chi connectivity index (χ2n) is 12.2. The molecule has 1 aliphatic heterocycles. The van der Waals surface area contributed by atoms with Gasteiger partial charge in [0.05, 0.1) is 16.7 Å². The number of hydrogen-bond acceptors (Lipinski definition) is 2. The van der Waals surface area contributed by atoms with Gasteiger partial charge < -0.3 is 0 Å². The third-order valence-corrected chi connectivity index (χ3v) is 13.0. The zero-order valence-electron chi connectivity index (χ0n) is 24.1. The van der Waals surface area contributed by atoms with Crippen LogP contribution in [0.1, 0.15) is 0 Å². The lowest BCUT2D eigenvalue weighted by atomic mass is 9.92. The molecule has 0 bridgehead atoms. The Morgan fingerprint density at radius 3 is 2.09 bits per heavy atom. The summed E-state index contributed by atoms with van der Waals surface area (Å²) < 4.78 is 0. The first-order valence-electron chi connectivity index (χ1n) is 14.9. The summed E-state index contributed by atoms with van der Waals surface area (Å²) in [5.41, 5.74) is 9.33. The predicted molar refractivity (Wildman–Crippen MR) is 185 cm³/mol. The van der Waals surface area contributed by atoms with Crippen LogP contribution in [0.15, 0.2) is 134 Å². The summed E-state index contributed by atoms with van der Waals surface area (Å²) in [6, 6.07) is 46.6. The van der Waals surface area contributed by atoms with Crippen LogP contribution in [0, 0.1) is 0 Å². The molecule has 0 fully saturated rings. The molecule has 0 radical (unpaired) electrons. The van der Waals surface area contributed by atoms with E-state index in [9.17, 15) is 0 Å². The zero-order valence-corrected chi connectivity index (χ0v) is 25.1. The zero-order chi connectivity index (χ0) is 28.7. The fourth-order valence-corrected chi connectivity index (χ4v) is 10.9. The van der Waals surface area contributed by atoms with Gasteiger partial charge in [0.15, 0.2) is 0 Å². The third kappa shape index (κ3) is 3.52. The molecule has 0 atom stereocenters. The lowest BCUT2D eigenvalue weighted by Gasteiger charge is -2.21. The Hall–Kier alpha value is -5.12. The van der Waals surface area contributed by atoms with Crippen LogP contribution < -0.4 is 10.4 Å². The van der Waals surface area contributed by atoms with Crippen LogP contribution in [0.3, 0.4) is 0 Å². The van der Waals surface area contributed by atoms with Crippen molar-refractivity contribution in [1.82, 2.24) is 9.97 Å². The van der Waals surface area contributed by atoms with Crippen LogP contribution in [0.5, 0.6) is 0 Å². The first kappa shape index (κ1) is 24.5. The normalized spacial score (nSPS) is 13.5. The number of benzene rings is 6. The average Bonchev–Trinajstić information content (AvgIpc) is 3.30. The Morgan fingerprint density at radius 2 is 1.21 bits per heavy atom. The van der Waals surface area contributed by atoms with Gasteiger partial charge in [-0.05, 0) is 72.4 Å². The van der Waals surface area contributed by atoms with Crippen molar-refractivity contribution in [3.05, 3.63) is 134 Å². The minimum Gasteiger partial charge on any atom is -0.254 e. The topological polar surface area (TPSA) is 25.8 Å². The molecule has 2 aromatic heterocycles. The highest BCUT2D eigenvalue weighted by molar-refractivity contribution is 7.05. The Kier molecular flexibility index (Phi) is 5.09. The highest BCUT2D eigenvalue weighted by Gasteiger charge is 2.38. The van der Waals surface area contributed by atoms with Crippen molar-refractivity contribution in [3.8, 4) is 33.5 Å². The molecule has 0 unspecified atom stereocenters. The largest absolute Gasteiger partial charge is 0.254 e. The standard InChI is InChI=1S/C40H28N2Si/c1-43(2)37-14-4-3-9-34(37)35-21-18-28-24-27(17-20-30(28)40(35)43)29-10-5-12-32-31(29)11-6-13-33(32)36-22-19-26-16-15-25-8-7-23-41-38(25)39(26)42-36/h3-24H,1-2H3. The van der Waals surface area contributed by atoms with Crippen molar-refractivity contribution in [2.45, 2.75) is 13.1 Å². The molecule has 0 saturated heterocycles. The van der Waals surface area contributed by atoms with Crippen molar-refractivity contribution >= 4 is 61.8 Å². The predicted octanol–water partition coefficient (Wildman–Crippen LogP) is 9.23. The molecule has 6 aromatic carbocycles. The number of nitrogens with zero attached hydrogens (tertiary/aromatic N) is 2. The number of hydrogen-bond donors (Lipinski definition) is 0. The molecule has 43 heavy (non-hydrogen) atoms. The van der Waals surface area contributed by atoms with Crippen molar-refractivity contribution < 1.29 is 0 Å². The summed E-state index contributed by atoms with van der Waals surface area (Å²) in [5.74, 6) is 0. The van der Waals surface area contributed by atoms with E-state index in [4.69, 9.17) is 4.98 Å². The molecule has 9 rings (SSSR count). The maximum absolute atomic E-state index is 5.17. The molecule has 8 aromatic rings. The molecule has 0 amide bonds. The van der Waals surface area contributed by atoms with E-state index in [2.05, 4.69) is 139 Å². The van der Waals surface area contributed by atoms with Gasteiger partial charge in [0.1, 0.15) is 8.07 Å². The highest BCUT2D eigenvalue weighted by Crippen LogP contribution is 2.38. The Labute approximate surface area is 251 Å². The van der Waals surface area contributed by atoms with Gasteiger partial charge in [-0.1, -0.05) is 122 Å². The van der Waals surface area contributed by atoms with Crippen LogP contribution in [0.4, 0.5) is 0 Å². The first-order valence-corrected chi connectivity index (χ1v) is 17.9. The summed E-state index contributed by atoms with van der Waals surface area (Å²) in [6.45, 7) is 4.99. The maximum Gasteiger partial charge on any atom is 0.114 e. The summed E-state index contributed by atoms with van der Waals surface area (Å²) in [7, 11) is -1.78. The SMILES string of the molecule is C[Si]1(C)c2ccccc2-c2ccc3cc(-c4cccc5c(-c6ccc7ccc8cccnc8c7n6)cccc45)ccc3c21. The number of fused-ring (bicyclic) bond motifs is 9. The smallest absolute Gasteiger partial charge is 0.114 e. The van der Waals surface area contributed by atoms with E-state index in [1.165, 1.54) is 43.8 Å². The van der Waals surface area contributed by atoms with Gasteiger partial charge in [-0.25, -0.2) is 4.98 Å². The van der Waals surface area contributed by atoms with Gasteiger partial charge in [-0.3, -0.25) is 4.98 Å². The molecule has 2 nitrogen and oxygen atoms in total. The minimum atomic E-state index is -1.78. The second-order valence-corrected chi connectivity index (χ2v) is 16.5. The van der Waals surface area contributed by atoms with Gasteiger partial charge in [0.2, 0.25) is 0 Å². The van der Waals surface area contributed by atoms with E-state index in [0.717, 1.165) is 33.1 Å².